The van der Waals surface area contributed by atoms with E-state index in [1.807, 2.05) is 0 Å². The lowest BCUT2D eigenvalue weighted by molar-refractivity contribution is -0.145. The van der Waals surface area contributed by atoms with Crippen LogP contribution in [0, 0.1) is 0 Å². The number of benzene rings is 1. The molecule has 1 aliphatic heterocycles. The van der Waals surface area contributed by atoms with Crippen LogP contribution in [0.5, 0.6) is 0 Å². The summed E-state index contributed by atoms with van der Waals surface area (Å²) in [4.78, 5) is 23.9. The molecule has 0 saturated heterocycles. The van der Waals surface area contributed by atoms with E-state index in [2.05, 4.69) is 0 Å². The number of ketones is 1. The fourth-order valence-corrected chi connectivity index (χ4v) is 3.44. The third kappa shape index (κ3) is 2.04. The quantitative estimate of drug-likeness (QED) is 0.581. The molecule has 0 saturated carbocycles. The van der Waals surface area contributed by atoms with Gasteiger partial charge >= 0.3 is 5.97 Å². The molecule has 0 fully saturated rings. The number of likely N-dealkylation sites (N-methyl/N-ethyl adjacent to an activating group) is 1. The molecular weight excluding hydrogens is 270 g/mol. The maximum atomic E-state index is 12.2. The zero-order valence-electron chi connectivity index (χ0n) is 10.5. The van der Waals surface area contributed by atoms with Crippen molar-refractivity contribution in [2.75, 3.05) is 13.7 Å². The Balaban J connectivity index is 2.59. The maximum absolute atomic E-state index is 12.2. The number of carbonyl (C=O) groups is 2. The van der Waals surface area contributed by atoms with Crippen LogP contribution < -0.4 is 0 Å². The van der Waals surface area contributed by atoms with Crippen LogP contribution in [0.25, 0.3) is 0 Å². The highest BCUT2D eigenvalue weighted by Crippen LogP contribution is 2.29. The Morgan fingerprint density at radius 1 is 1.37 bits per heavy atom. The second-order valence-electron chi connectivity index (χ2n) is 4.04. The summed E-state index contributed by atoms with van der Waals surface area (Å²) in [6.07, 6.45) is 0. The molecule has 6 nitrogen and oxygen atoms in total. The lowest BCUT2D eigenvalue weighted by atomic mass is 10.0. The summed E-state index contributed by atoms with van der Waals surface area (Å²) < 4.78 is 30.0. The highest BCUT2D eigenvalue weighted by Gasteiger charge is 2.45. The molecule has 1 heterocycles. The van der Waals surface area contributed by atoms with Gasteiger partial charge in [0, 0.05) is 12.6 Å². The summed E-state index contributed by atoms with van der Waals surface area (Å²) >= 11 is 0. The normalized spacial score (nSPS) is 21.8. The van der Waals surface area contributed by atoms with Crippen molar-refractivity contribution in [3.8, 4) is 0 Å². The smallest absolute Gasteiger partial charge is 0.332 e. The van der Waals surface area contributed by atoms with Gasteiger partial charge in [0.2, 0.25) is 10.0 Å². The van der Waals surface area contributed by atoms with Gasteiger partial charge in [0.05, 0.1) is 11.5 Å². The Kier molecular flexibility index (Phi) is 3.42. The van der Waals surface area contributed by atoms with E-state index in [1.165, 1.54) is 25.2 Å². The minimum absolute atomic E-state index is 0.0265. The van der Waals surface area contributed by atoms with Crippen molar-refractivity contribution in [3.05, 3.63) is 29.8 Å². The van der Waals surface area contributed by atoms with Gasteiger partial charge in [-0.1, -0.05) is 12.1 Å². The number of hydrogen-bond acceptors (Lipinski definition) is 5. The van der Waals surface area contributed by atoms with Crippen LogP contribution in [-0.4, -0.2) is 44.2 Å². The Labute approximate surface area is 111 Å². The van der Waals surface area contributed by atoms with E-state index in [1.54, 1.807) is 13.0 Å². The third-order valence-electron chi connectivity index (χ3n) is 2.93. The summed E-state index contributed by atoms with van der Waals surface area (Å²) in [7, 11) is -2.66. The molecule has 2 rings (SSSR count). The predicted molar refractivity (Wildman–Crippen MR) is 66.1 cm³/mol. The second-order valence-corrected chi connectivity index (χ2v) is 6.00. The molecule has 0 amide bonds. The first-order valence-corrected chi connectivity index (χ1v) is 7.13. The number of esters is 1. The first-order chi connectivity index (χ1) is 8.91. The van der Waals surface area contributed by atoms with Gasteiger partial charge in [0.25, 0.3) is 0 Å². The van der Waals surface area contributed by atoms with E-state index < -0.39 is 27.8 Å². The summed E-state index contributed by atoms with van der Waals surface area (Å²) in [6, 6.07) is 4.39. The first-order valence-electron chi connectivity index (χ1n) is 5.69. The lowest BCUT2D eigenvalue weighted by Gasteiger charge is -2.30. The van der Waals surface area contributed by atoms with Crippen molar-refractivity contribution in [3.63, 3.8) is 0 Å². The average Bonchev–Trinajstić information content (AvgIpc) is 2.37. The minimum atomic E-state index is -3.85. The van der Waals surface area contributed by atoms with E-state index in [0.717, 1.165) is 4.31 Å². The molecule has 0 N–H and O–H groups in total. The predicted octanol–water partition coefficient (Wildman–Crippen LogP) is 0.435. The van der Waals surface area contributed by atoms with Crippen molar-refractivity contribution in [1.29, 1.82) is 0 Å². The highest BCUT2D eigenvalue weighted by molar-refractivity contribution is 7.89. The van der Waals surface area contributed by atoms with Gasteiger partial charge in [-0.05, 0) is 19.1 Å². The summed E-state index contributed by atoms with van der Waals surface area (Å²) in [5.74, 6) is -1.42. The van der Waals surface area contributed by atoms with Crippen LogP contribution in [0.3, 0.4) is 0 Å². The molecule has 0 aliphatic carbocycles. The van der Waals surface area contributed by atoms with Gasteiger partial charge in [-0.25, -0.2) is 13.2 Å². The molecular formula is C12H13NO5S. The molecule has 0 radical (unpaired) electrons. The number of ether oxygens (including phenoxy) is 1. The van der Waals surface area contributed by atoms with Gasteiger partial charge in [-0.2, -0.15) is 4.31 Å². The van der Waals surface area contributed by atoms with Crippen molar-refractivity contribution < 1.29 is 22.7 Å². The number of nitrogens with zero attached hydrogens (tertiary/aromatic N) is 1. The van der Waals surface area contributed by atoms with Crippen molar-refractivity contribution in [2.45, 2.75) is 17.9 Å². The monoisotopic (exact) mass is 283 g/mol. The standard InChI is InChI=1S/C12H13NO5S/c1-3-18-12(15)10-11(14)8-6-4-5-7-9(8)19(16,17)13(10)2/h4-7,10H,3H2,1-2H3. The molecule has 1 aliphatic rings. The van der Waals surface area contributed by atoms with Crippen molar-refractivity contribution in [2.24, 2.45) is 0 Å². The summed E-state index contributed by atoms with van der Waals surface area (Å²) in [5.41, 5.74) is 0.0265. The Morgan fingerprint density at radius 2 is 2.00 bits per heavy atom. The van der Waals surface area contributed by atoms with Crippen LogP contribution in [0.15, 0.2) is 29.2 Å². The molecule has 0 aromatic heterocycles. The second kappa shape index (κ2) is 4.75. The molecule has 0 bridgehead atoms. The van der Waals surface area contributed by atoms with Gasteiger partial charge in [-0.3, -0.25) is 4.79 Å². The maximum Gasteiger partial charge on any atom is 0.332 e. The molecule has 102 valence electrons. The third-order valence-corrected chi connectivity index (χ3v) is 4.81. The molecule has 1 aromatic rings. The summed E-state index contributed by atoms with van der Waals surface area (Å²) in [6.45, 7) is 1.67. The highest BCUT2D eigenvalue weighted by atomic mass is 32.2. The largest absolute Gasteiger partial charge is 0.464 e. The Bertz CT molecular complexity index is 637. The van der Waals surface area contributed by atoms with E-state index in [-0.39, 0.29) is 17.1 Å². The van der Waals surface area contributed by atoms with E-state index in [0.29, 0.717) is 0 Å². The molecule has 7 heteroatoms. The fourth-order valence-electron chi connectivity index (χ4n) is 1.98. The Morgan fingerprint density at radius 3 is 2.63 bits per heavy atom. The number of Topliss-reactive ketones (excluding diaryl/α,β-unsaturated/α-hetero) is 1. The molecule has 19 heavy (non-hydrogen) atoms. The van der Waals surface area contributed by atoms with E-state index in [9.17, 15) is 18.0 Å². The van der Waals surface area contributed by atoms with Crippen molar-refractivity contribution >= 4 is 21.8 Å². The SMILES string of the molecule is CCOC(=O)C1C(=O)c2ccccc2S(=O)(=O)N1C. The van der Waals surface area contributed by atoms with Crippen molar-refractivity contribution in [1.82, 2.24) is 4.31 Å². The number of rotatable bonds is 2. The van der Waals surface area contributed by atoms with Gasteiger partial charge < -0.3 is 4.74 Å². The molecule has 0 spiro atoms. The van der Waals surface area contributed by atoms with Gasteiger partial charge in [-0.15, -0.1) is 0 Å². The average molecular weight is 283 g/mol. The lowest BCUT2D eigenvalue weighted by Crippen LogP contribution is -2.52. The van der Waals surface area contributed by atoms with Crippen LogP contribution in [0.2, 0.25) is 0 Å². The van der Waals surface area contributed by atoms with Gasteiger partial charge in [0.15, 0.2) is 11.8 Å². The minimum Gasteiger partial charge on any atom is -0.464 e. The number of fused-ring (bicyclic) bond motifs is 1. The van der Waals surface area contributed by atoms with Crippen LogP contribution in [0.1, 0.15) is 17.3 Å². The van der Waals surface area contributed by atoms with Crippen LogP contribution >= 0.6 is 0 Å². The molecule has 1 unspecified atom stereocenters. The summed E-state index contributed by atoms with van der Waals surface area (Å²) in [5, 5.41) is 0. The molecule has 1 aromatic carbocycles. The van der Waals surface area contributed by atoms with E-state index in [4.69, 9.17) is 4.74 Å². The number of sulfonamides is 1. The Hall–Kier alpha value is -1.73. The number of carbonyl (C=O) groups excluding carboxylic acids is 2. The van der Waals surface area contributed by atoms with Crippen LogP contribution in [0.4, 0.5) is 0 Å². The van der Waals surface area contributed by atoms with Crippen LogP contribution in [-0.2, 0) is 19.6 Å². The zero-order chi connectivity index (χ0) is 14.2. The van der Waals surface area contributed by atoms with E-state index >= 15 is 0 Å². The fraction of sp³-hybridized carbons (Fsp3) is 0.333. The number of hydrogen-bond donors (Lipinski definition) is 0. The molecule has 1 atom stereocenters. The topological polar surface area (TPSA) is 80.8 Å². The first kappa shape index (κ1) is 13.7. The zero-order valence-corrected chi connectivity index (χ0v) is 11.3. The van der Waals surface area contributed by atoms with Gasteiger partial charge in [0.1, 0.15) is 0 Å².